The minimum atomic E-state index is -0.726. The average molecular weight is 615 g/mol. The van der Waals surface area contributed by atoms with E-state index in [1.807, 2.05) is 50.4 Å². The first-order valence-electron chi connectivity index (χ1n) is 14.8. The summed E-state index contributed by atoms with van der Waals surface area (Å²) in [5, 5.41) is 17.5. The highest BCUT2D eigenvalue weighted by Gasteiger charge is 2.30. The molecule has 0 saturated heterocycles. The van der Waals surface area contributed by atoms with Crippen LogP contribution in [0.25, 0.3) is 16.8 Å². The summed E-state index contributed by atoms with van der Waals surface area (Å²) in [6.07, 6.45) is 2.96. The Labute approximate surface area is 261 Å². The van der Waals surface area contributed by atoms with Crippen LogP contribution in [0, 0.1) is 5.92 Å². The number of nitrogens with one attached hydrogen (secondary N) is 3. The molecule has 45 heavy (non-hydrogen) atoms. The maximum absolute atomic E-state index is 13.8. The molecule has 0 saturated carbocycles. The lowest BCUT2D eigenvalue weighted by atomic mass is 9.95. The van der Waals surface area contributed by atoms with Crippen molar-refractivity contribution in [2.45, 2.75) is 52.2 Å². The fourth-order valence-electron chi connectivity index (χ4n) is 5.82. The summed E-state index contributed by atoms with van der Waals surface area (Å²) in [6, 6.07) is 11.3. The van der Waals surface area contributed by atoms with Gasteiger partial charge in [-0.3, -0.25) is 18.8 Å². The first-order valence-corrected chi connectivity index (χ1v) is 14.8. The summed E-state index contributed by atoms with van der Waals surface area (Å²) in [4.78, 5) is 39.5. The normalized spacial score (nSPS) is 14.5. The number of fused-ring (bicyclic) bond motifs is 4. The Morgan fingerprint density at radius 3 is 2.49 bits per heavy atom. The number of carbonyl (C=O) groups excluding carboxylic acids is 2. The van der Waals surface area contributed by atoms with Crippen molar-refractivity contribution in [2.24, 2.45) is 5.92 Å². The van der Waals surface area contributed by atoms with Gasteiger partial charge in [0.1, 0.15) is 6.04 Å². The summed E-state index contributed by atoms with van der Waals surface area (Å²) < 4.78 is 18.9. The molecule has 236 valence electrons. The minimum absolute atomic E-state index is 0.160. The van der Waals surface area contributed by atoms with Crippen LogP contribution in [0.15, 0.2) is 53.5 Å². The Morgan fingerprint density at radius 2 is 1.80 bits per heavy atom. The molecule has 2 atom stereocenters. The van der Waals surface area contributed by atoms with Crippen molar-refractivity contribution in [1.82, 2.24) is 25.2 Å². The number of aryl methyl sites for hydroxylation is 1. The number of methoxy groups -OCH3 is 3. The van der Waals surface area contributed by atoms with Crippen molar-refractivity contribution in [3.05, 3.63) is 75.8 Å². The second kappa shape index (κ2) is 13.2. The number of ether oxygens (including phenoxy) is 3. The molecule has 2 aromatic heterocycles. The van der Waals surface area contributed by atoms with Crippen molar-refractivity contribution in [2.75, 3.05) is 26.6 Å². The molecule has 0 unspecified atom stereocenters. The number of pyridine rings is 1. The number of carbonyl (C=O) groups is 2. The molecule has 0 spiro atoms. The Kier molecular flexibility index (Phi) is 9.21. The Balaban J connectivity index is 1.54. The highest BCUT2D eigenvalue weighted by atomic mass is 16.5. The number of anilines is 1. The van der Waals surface area contributed by atoms with Crippen LogP contribution >= 0.6 is 0 Å². The van der Waals surface area contributed by atoms with E-state index in [9.17, 15) is 14.4 Å². The standard InChI is InChI=1S/C33H38N6O6/c1-18(2)30(33(42)34-17-28-38-37-27-9-7-8-14-39(27)28)36-24-13-11-21-22(16-25(24)41)23(35-19(3)40)12-10-20-15-26(43-4)31(44-5)32(45-6)29(20)21/h7-9,11,13-16,18,23,30H,10,12,17H2,1-6H3,(H,34,42)(H,35,40)(H,36,41)/t23-,30-/m0/s1. The summed E-state index contributed by atoms with van der Waals surface area (Å²) in [7, 11) is 4.65. The number of nitrogens with zero attached hydrogens (tertiary/aromatic N) is 3. The zero-order chi connectivity index (χ0) is 32.2. The molecule has 0 radical (unpaired) electrons. The average Bonchev–Trinajstić information content (AvgIpc) is 3.30. The van der Waals surface area contributed by atoms with Crippen LogP contribution in [-0.2, 0) is 22.6 Å². The molecular weight excluding hydrogens is 576 g/mol. The molecule has 0 aliphatic heterocycles. The molecule has 4 aromatic rings. The van der Waals surface area contributed by atoms with Gasteiger partial charge in [-0.1, -0.05) is 26.0 Å². The van der Waals surface area contributed by atoms with E-state index in [4.69, 9.17) is 14.2 Å². The third-order valence-corrected chi connectivity index (χ3v) is 7.98. The lowest BCUT2D eigenvalue weighted by Crippen LogP contribution is -2.43. The molecule has 2 amide bonds. The van der Waals surface area contributed by atoms with Gasteiger partial charge in [0.25, 0.3) is 0 Å². The van der Waals surface area contributed by atoms with Crippen molar-refractivity contribution in [3.8, 4) is 28.4 Å². The zero-order valence-corrected chi connectivity index (χ0v) is 26.3. The fourth-order valence-corrected chi connectivity index (χ4v) is 5.82. The van der Waals surface area contributed by atoms with Gasteiger partial charge in [0.2, 0.25) is 23.0 Å². The smallest absolute Gasteiger partial charge is 0.243 e. The van der Waals surface area contributed by atoms with E-state index < -0.39 is 12.1 Å². The number of benzene rings is 1. The van der Waals surface area contributed by atoms with E-state index in [0.29, 0.717) is 52.7 Å². The first-order chi connectivity index (χ1) is 21.7. The molecule has 0 bridgehead atoms. The van der Waals surface area contributed by atoms with Crippen LogP contribution in [-0.4, -0.2) is 53.8 Å². The highest BCUT2D eigenvalue weighted by Crippen LogP contribution is 2.50. The molecule has 12 heteroatoms. The summed E-state index contributed by atoms with van der Waals surface area (Å²) >= 11 is 0. The predicted molar refractivity (Wildman–Crippen MR) is 170 cm³/mol. The molecule has 5 rings (SSSR count). The van der Waals surface area contributed by atoms with Crippen LogP contribution in [0.3, 0.4) is 0 Å². The molecular formula is C33H38N6O6. The van der Waals surface area contributed by atoms with Crippen LogP contribution in [0.2, 0.25) is 0 Å². The van der Waals surface area contributed by atoms with Crippen molar-refractivity contribution < 1.29 is 23.8 Å². The van der Waals surface area contributed by atoms with Crippen LogP contribution in [0.5, 0.6) is 17.2 Å². The number of rotatable bonds is 10. The number of aromatic nitrogens is 3. The molecule has 0 fully saturated rings. The molecule has 1 aliphatic carbocycles. The molecule has 2 heterocycles. The predicted octanol–water partition coefficient (Wildman–Crippen LogP) is 3.66. The third kappa shape index (κ3) is 6.26. The number of amides is 2. The SMILES string of the molecule is COc1cc2c(c(OC)c1OC)-c1ccc(N[C@H](C(=O)NCc3nnc4ccccn34)C(C)C)c(=O)cc1[C@@H](NC(C)=O)CC2. The molecule has 12 nitrogen and oxygen atoms in total. The van der Waals surface area contributed by atoms with Gasteiger partial charge in [0.15, 0.2) is 23.0 Å². The summed E-state index contributed by atoms with van der Waals surface area (Å²) in [5.41, 5.74) is 3.61. The van der Waals surface area contributed by atoms with Gasteiger partial charge in [-0.05, 0) is 65.8 Å². The lowest BCUT2D eigenvalue weighted by Gasteiger charge is -2.22. The van der Waals surface area contributed by atoms with Crippen LogP contribution in [0.1, 0.15) is 50.2 Å². The van der Waals surface area contributed by atoms with E-state index in [-0.39, 0.29) is 35.4 Å². The van der Waals surface area contributed by atoms with E-state index in [0.717, 1.165) is 11.1 Å². The topological polar surface area (TPSA) is 145 Å². The Bertz CT molecular complexity index is 1800. The van der Waals surface area contributed by atoms with Gasteiger partial charge in [0.05, 0.1) is 39.6 Å². The van der Waals surface area contributed by atoms with E-state index in [1.54, 1.807) is 24.7 Å². The Morgan fingerprint density at radius 1 is 1.02 bits per heavy atom. The van der Waals surface area contributed by atoms with E-state index in [2.05, 4.69) is 26.1 Å². The maximum atomic E-state index is 13.8. The summed E-state index contributed by atoms with van der Waals surface area (Å²) in [6.45, 7) is 5.42. The van der Waals surface area contributed by atoms with Crippen LogP contribution in [0.4, 0.5) is 5.69 Å². The van der Waals surface area contributed by atoms with E-state index in [1.165, 1.54) is 20.1 Å². The third-order valence-electron chi connectivity index (χ3n) is 7.98. The van der Waals surface area contributed by atoms with Crippen LogP contribution < -0.4 is 35.6 Å². The van der Waals surface area contributed by atoms with Crippen molar-refractivity contribution >= 4 is 23.1 Å². The van der Waals surface area contributed by atoms with E-state index >= 15 is 0 Å². The van der Waals surface area contributed by atoms with Gasteiger partial charge >= 0.3 is 0 Å². The Hall–Kier alpha value is -5.13. The fraction of sp³-hybridized carbons (Fsp3) is 0.364. The minimum Gasteiger partial charge on any atom is -0.493 e. The highest BCUT2D eigenvalue weighted by molar-refractivity contribution is 5.86. The van der Waals surface area contributed by atoms with Gasteiger partial charge in [0, 0.05) is 18.7 Å². The van der Waals surface area contributed by atoms with Gasteiger partial charge in [-0.15, -0.1) is 10.2 Å². The second-order valence-electron chi connectivity index (χ2n) is 11.2. The first kappa shape index (κ1) is 31.3. The van der Waals surface area contributed by atoms with Crippen molar-refractivity contribution in [3.63, 3.8) is 0 Å². The molecule has 3 N–H and O–H groups in total. The lowest BCUT2D eigenvalue weighted by molar-refractivity contribution is -0.123. The van der Waals surface area contributed by atoms with Crippen molar-refractivity contribution in [1.29, 1.82) is 0 Å². The second-order valence-corrected chi connectivity index (χ2v) is 11.2. The number of hydrogen-bond acceptors (Lipinski definition) is 9. The number of hydrogen-bond donors (Lipinski definition) is 3. The van der Waals surface area contributed by atoms with Gasteiger partial charge < -0.3 is 30.2 Å². The largest absolute Gasteiger partial charge is 0.493 e. The monoisotopic (exact) mass is 614 g/mol. The van der Waals surface area contributed by atoms with Gasteiger partial charge in [-0.25, -0.2) is 0 Å². The molecule has 1 aliphatic rings. The molecule has 2 aromatic carbocycles. The zero-order valence-electron chi connectivity index (χ0n) is 26.3. The summed E-state index contributed by atoms with van der Waals surface area (Å²) in [5.74, 6) is 1.33. The maximum Gasteiger partial charge on any atom is 0.243 e. The quantitative estimate of drug-likeness (QED) is 0.244. The van der Waals surface area contributed by atoms with Gasteiger partial charge in [-0.2, -0.15) is 0 Å².